The van der Waals surface area contributed by atoms with Crippen LogP contribution in [0, 0.1) is 0 Å². The van der Waals surface area contributed by atoms with E-state index in [4.69, 9.17) is 29.4 Å². The van der Waals surface area contributed by atoms with Gasteiger partial charge in [-0.15, -0.1) is 22.1 Å². The Morgan fingerprint density at radius 1 is 0.535 bits per heavy atom. The molecule has 0 spiro atoms. The third-order valence-corrected chi connectivity index (χ3v) is 8.83. The molecule has 0 amide bonds. The fourth-order valence-corrected chi connectivity index (χ4v) is 6.05. The molecule has 43 heavy (non-hydrogen) atoms. The minimum Gasteiger partial charge on any atom is -0.656 e. The Kier molecular flexibility index (Phi) is 8.14. The molecule has 7 rings (SSSR count). The normalized spacial score (nSPS) is 11.8. The van der Waals surface area contributed by atoms with E-state index >= 15 is 0 Å². The Morgan fingerprint density at radius 3 is 1.42 bits per heavy atom. The zero-order chi connectivity index (χ0) is 28.8. The maximum absolute atomic E-state index is 5.53. The van der Waals surface area contributed by atoms with Crippen LogP contribution < -0.4 is 19.4 Å². The van der Waals surface area contributed by atoms with Crippen molar-refractivity contribution in [2.45, 2.75) is 0 Å². The number of aromatic nitrogens is 4. The summed E-state index contributed by atoms with van der Waals surface area (Å²) in [6.45, 7) is 0. The number of nitrogens with zero attached hydrogens (tertiary/aromatic N) is 4. The molecule has 5 heterocycles. The SMILES string of the molecule is COc1cccc(-c2c3nc(c(Br)c4ccc([n-]4)c(-c4cccc(OC)c4)c4ccc([n-]4)c(Br)c4nc2C=C4)C=C3)c1.[Ni+2]. The van der Waals surface area contributed by atoms with Crippen LogP contribution in [0.25, 0.3) is 68.6 Å². The van der Waals surface area contributed by atoms with Crippen LogP contribution in [0.5, 0.6) is 11.5 Å². The van der Waals surface area contributed by atoms with Gasteiger partial charge in [0.15, 0.2) is 0 Å². The Balaban J connectivity index is 0.00000329. The quantitative estimate of drug-likeness (QED) is 0.168. The topological polar surface area (TPSA) is 72.4 Å². The minimum atomic E-state index is 0. The van der Waals surface area contributed by atoms with Gasteiger partial charge in [-0.1, -0.05) is 48.5 Å². The van der Waals surface area contributed by atoms with E-state index in [0.717, 1.165) is 87.5 Å². The molecule has 214 valence electrons. The number of halogens is 2. The van der Waals surface area contributed by atoms with E-state index in [0.29, 0.717) is 0 Å². The van der Waals surface area contributed by atoms with E-state index in [9.17, 15) is 0 Å². The third kappa shape index (κ3) is 5.37. The first kappa shape index (κ1) is 29.2. The number of methoxy groups -OCH3 is 2. The fourth-order valence-electron chi connectivity index (χ4n) is 5.17. The van der Waals surface area contributed by atoms with Gasteiger partial charge in [0, 0.05) is 14.5 Å². The molecule has 0 aliphatic carbocycles. The Labute approximate surface area is 275 Å². The molecule has 8 bridgehead atoms. The van der Waals surface area contributed by atoms with Crippen LogP contribution in [0.15, 0.2) is 81.7 Å². The summed E-state index contributed by atoms with van der Waals surface area (Å²) in [7, 11) is 3.33. The van der Waals surface area contributed by atoms with Gasteiger partial charge in [0.2, 0.25) is 0 Å². The summed E-state index contributed by atoms with van der Waals surface area (Å²) in [6.07, 6.45) is 8.02. The van der Waals surface area contributed by atoms with Crippen LogP contribution in [0.2, 0.25) is 0 Å². The molecule has 9 heteroatoms. The van der Waals surface area contributed by atoms with Crippen molar-refractivity contribution in [3.63, 3.8) is 0 Å². The summed E-state index contributed by atoms with van der Waals surface area (Å²) in [4.78, 5) is 20.1. The Bertz CT molecular complexity index is 2010. The Hall–Kier alpha value is -3.91. The van der Waals surface area contributed by atoms with E-state index in [1.807, 2.05) is 97.1 Å². The molecule has 2 aromatic carbocycles. The van der Waals surface area contributed by atoms with Gasteiger partial charge in [-0.3, -0.25) is 0 Å². The van der Waals surface area contributed by atoms with Crippen molar-refractivity contribution in [3.8, 4) is 33.8 Å². The molecule has 0 unspecified atom stereocenters. The average Bonchev–Trinajstić information content (AvgIpc) is 3.85. The van der Waals surface area contributed by atoms with Crippen LogP contribution in [-0.2, 0) is 16.5 Å². The van der Waals surface area contributed by atoms with Gasteiger partial charge in [-0.25, -0.2) is 9.97 Å². The van der Waals surface area contributed by atoms with Crippen LogP contribution in [-0.4, -0.2) is 24.2 Å². The third-order valence-electron chi connectivity index (χ3n) is 7.20. The van der Waals surface area contributed by atoms with Crippen molar-refractivity contribution in [1.82, 2.24) is 19.9 Å². The van der Waals surface area contributed by atoms with Crippen molar-refractivity contribution in [2.24, 2.45) is 0 Å². The molecule has 2 aliphatic rings. The Morgan fingerprint density at radius 2 is 0.953 bits per heavy atom. The van der Waals surface area contributed by atoms with E-state index in [1.54, 1.807) is 14.2 Å². The summed E-state index contributed by atoms with van der Waals surface area (Å²) >= 11 is 7.59. The molecule has 5 aromatic rings. The maximum atomic E-state index is 5.53. The van der Waals surface area contributed by atoms with Crippen LogP contribution in [0.3, 0.4) is 0 Å². The molecule has 0 saturated carbocycles. The van der Waals surface area contributed by atoms with Gasteiger partial charge in [-0.05, 0) is 97.1 Å². The zero-order valence-corrected chi connectivity index (χ0v) is 27.1. The van der Waals surface area contributed by atoms with Crippen LogP contribution in [0.1, 0.15) is 22.8 Å². The summed E-state index contributed by atoms with van der Waals surface area (Å²) < 4.78 is 12.7. The molecular weight excluding hydrogens is 715 g/mol. The second kappa shape index (κ2) is 12.0. The molecule has 0 saturated heterocycles. The van der Waals surface area contributed by atoms with Crippen molar-refractivity contribution in [2.75, 3.05) is 14.2 Å². The van der Waals surface area contributed by atoms with E-state index in [1.165, 1.54) is 0 Å². The summed E-state index contributed by atoms with van der Waals surface area (Å²) in [5, 5.41) is 0. The van der Waals surface area contributed by atoms with Crippen LogP contribution >= 0.6 is 31.9 Å². The number of fused-ring (bicyclic) bond motifs is 8. The van der Waals surface area contributed by atoms with E-state index in [2.05, 4.69) is 31.9 Å². The van der Waals surface area contributed by atoms with Crippen LogP contribution in [0.4, 0.5) is 0 Å². The molecule has 2 aliphatic heterocycles. The molecule has 0 radical (unpaired) electrons. The number of hydrogen-bond acceptors (Lipinski definition) is 4. The molecule has 3 aromatic heterocycles. The number of hydrogen-bond donors (Lipinski definition) is 0. The van der Waals surface area contributed by atoms with Crippen molar-refractivity contribution >= 4 is 78.2 Å². The predicted molar refractivity (Wildman–Crippen MR) is 176 cm³/mol. The van der Waals surface area contributed by atoms with Gasteiger partial charge in [-0.2, -0.15) is 0 Å². The molecule has 0 fully saturated rings. The van der Waals surface area contributed by atoms with Crippen molar-refractivity contribution in [3.05, 3.63) is 105 Å². The zero-order valence-electron chi connectivity index (χ0n) is 22.9. The van der Waals surface area contributed by atoms with Gasteiger partial charge in [0.05, 0.1) is 37.0 Å². The number of benzene rings is 2. The molecule has 0 atom stereocenters. The van der Waals surface area contributed by atoms with Crippen molar-refractivity contribution < 1.29 is 26.0 Å². The first-order valence-electron chi connectivity index (χ1n) is 13.2. The van der Waals surface area contributed by atoms with Gasteiger partial charge in [0.1, 0.15) is 11.5 Å². The van der Waals surface area contributed by atoms with Gasteiger partial charge >= 0.3 is 16.5 Å². The smallest absolute Gasteiger partial charge is 0.656 e. The predicted octanol–water partition coefficient (Wildman–Crippen LogP) is 8.79. The second-order valence-electron chi connectivity index (χ2n) is 9.70. The van der Waals surface area contributed by atoms with Gasteiger partial charge < -0.3 is 19.4 Å². The average molecular weight is 737 g/mol. The van der Waals surface area contributed by atoms with Gasteiger partial charge in [0.25, 0.3) is 0 Å². The number of ether oxygens (including phenoxy) is 2. The number of rotatable bonds is 4. The van der Waals surface area contributed by atoms with E-state index < -0.39 is 0 Å². The largest absolute Gasteiger partial charge is 2.00 e. The fraction of sp³-hybridized carbons (Fsp3) is 0.0588. The summed E-state index contributed by atoms with van der Waals surface area (Å²) in [5.74, 6) is 1.52. The standard InChI is InChI=1S/C34H22Br2N4O2.Ni/c1-41-21-7-3-5-19(17-21)31-23-9-13-27(37-23)33(35)29-15-11-25(39-29)32(20-6-4-8-22(18-20)42-2)26-12-16-30(40-26)34(36)28-14-10-24(31)38-28;/h3-18H,1-2H3;/q-2;+2. The minimum absolute atomic E-state index is 0. The van der Waals surface area contributed by atoms with E-state index in [-0.39, 0.29) is 16.5 Å². The molecule has 6 nitrogen and oxygen atoms in total. The second-order valence-corrected chi connectivity index (χ2v) is 11.3. The molecule has 0 N–H and O–H groups in total. The van der Waals surface area contributed by atoms with Crippen molar-refractivity contribution in [1.29, 1.82) is 0 Å². The first-order valence-corrected chi connectivity index (χ1v) is 14.8. The first-order chi connectivity index (χ1) is 20.5. The summed E-state index contributed by atoms with van der Waals surface area (Å²) in [5.41, 5.74) is 10.0. The molecular formula is C34H22Br2N4NiO2. The maximum Gasteiger partial charge on any atom is 2.00 e. The monoisotopic (exact) mass is 734 g/mol. The summed E-state index contributed by atoms with van der Waals surface area (Å²) in [6, 6.07) is 23.9.